The standard InChI is InChI=1S/C20H21FN2O2/c1-25-19-5-3-2-4-16(19)6-11-20(24)23-14-12-22(13-15-23)18-9-7-17(21)8-10-18/h2-11H,12-15H2,1H3/b11-6+. The lowest BCUT2D eigenvalue weighted by Gasteiger charge is -2.35. The molecule has 1 fully saturated rings. The molecule has 2 aromatic carbocycles. The fraction of sp³-hybridized carbons (Fsp3) is 0.250. The number of para-hydroxylation sites is 1. The molecule has 0 aliphatic carbocycles. The lowest BCUT2D eigenvalue weighted by atomic mass is 10.2. The van der Waals surface area contributed by atoms with E-state index in [1.54, 1.807) is 31.4 Å². The molecule has 2 aromatic rings. The van der Waals surface area contributed by atoms with Gasteiger partial charge in [-0.25, -0.2) is 4.39 Å². The zero-order valence-electron chi connectivity index (χ0n) is 14.2. The van der Waals surface area contributed by atoms with Crippen LogP contribution < -0.4 is 9.64 Å². The summed E-state index contributed by atoms with van der Waals surface area (Å²) in [5.74, 6) is 0.497. The van der Waals surface area contributed by atoms with Crippen molar-refractivity contribution in [3.8, 4) is 5.75 Å². The number of nitrogens with zero attached hydrogens (tertiary/aromatic N) is 2. The molecule has 0 unspecified atom stereocenters. The van der Waals surface area contributed by atoms with E-state index in [1.807, 2.05) is 29.2 Å². The van der Waals surface area contributed by atoms with Crippen LogP contribution in [-0.2, 0) is 4.79 Å². The van der Waals surface area contributed by atoms with Crippen LogP contribution in [0.4, 0.5) is 10.1 Å². The van der Waals surface area contributed by atoms with Crippen LogP contribution in [0.15, 0.2) is 54.6 Å². The zero-order chi connectivity index (χ0) is 17.6. The highest BCUT2D eigenvalue weighted by molar-refractivity contribution is 5.92. The SMILES string of the molecule is COc1ccccc1/C=C/C(=O)N1CCN(c2ccc(F)cc2)CC1. The van der Waals surface area contributed by atoms with Gasteiger partial charge in [0.15, 0.2) is 0 Å². The van der Waals surface area contributed by atoms with Crippen LogP contribution >= 0.6 is 0 Å². The summed E-state index contributed by atoms with van der Waals surface area (Å²) in [5, 5.41) is 0. The maximum Gasteiger partial charge on any atom is 0.246 e. The van der Waals surface area contributed by atoms with Crippen LogP contribution in [0.3, 0.4) is 0 Å². The average Bonchev–Trinajstić information content (AvgIpc) is 2.67. The number of amides is 1. The summed E-state index contributed by atoms with van der Waals surface area (Å²) < 4.78 is 18.3. The third kappa shape index (κ3) is 4.18. The first-order valence-corrected chi connectivity index (χ1v) is 8.28. The molecule has 4 nitrogen and oxygen atoms in total. The fourth-order valence-electron chi connectivity index (χ4n) is 2.91. The molecule has 5 heteroatoms. The van der Waals surface area contributed by atoms with Crippen LogP contribution in [0.5, 0.6) is 5.75 Å². The molecule has 1 heterocycles. The van der Waals surface area contributed by atoms with E-state index in [1.165, 1.54) is 12.1 Å². The first-order valence-electron chi connectivity index (χ1n) is 8.28. The summed E-state index contributed by atoms with van der Waals surface area (Å²) in [5.41, 5.74) is 1.86. The number of hydrogen-bond acceptors (Lipinski definition) is 3. The number of hydrogen-bond donors (Lipinski definition) is 0. The minimum absolute atomic E-state index is 0.00957. The third-order valence-corrected chi connectivity index (χ3v) is 4.33. The van der Waals surface area contributed by atoms with Crippen LogP contribution in [-0.4, -0.2) is 44.1 Å². The van der Waals surface area contributed by atoms with Gasteiger partial charge in [0, 0.05) is 43.5 Å². The smallest absolute Gasteiger partial charge is 0.246 e. The van der Waals surface area contributed by atoms with Crippen LogP contribution in [0.2, 0.25) is 0 Å². The Morgan fingerprint density at radius 3 is 2.40 bits per heavy atom. The third-order valence-electron chi connectivity index (χ3n) is 4.33. The van der Waals surface area contributed by atoms with Crippen molar-refractivity contribution >= 4 is 17.7 Å². The number of halogens is 1. The zero-order valence-corrected chi connectivity index (χ0v) is 14.2. The van der Waals surface area contributed by atoms with Gasteiger partial charge in [-0.3, -0.25) is 4.79 Å². The van der Waals surface area contributed by atoms with Gasteiger partial charge in [0.1, 0.15) is 11.6 Å². The number of benzene rings is 2. The molecule has 130 valence electrons. The molecule has 0 atom stereocenters. The maximum atomic E-state index is 13.0. The second-order valence-electron chi connectivity index (χ2n) is 5.86. The number of rotatable bonds is 4. The molecule has 1 amide bonds. The maximum absolute atomic E-state index is 13.0. The Balaban J connectivity index is 1.58. The summed E-state index contributed by atoms with van der Waals surface area (Å²) in [4.78, 5) is 16.4. The van der Waals surface area contributed by atoms with Crippen molar-refractivity contribution in [2.45, 2.75) is 0 Å². The number of piperazine rings is 1. The molecule has 1 aliphatic rings. The van der Waals surface area contributed by atoms with E-state index in [0.717, 1.165) is 30.1 Å². The monoisotopic (exact) mass is 340 g/mol. The number of carbonyl (C=O) groups is 1. The molecule has 0 spiro atoms. The quantitative estimate of drug-likeness (QED) is 0.802. The topological polar surface area (TPSA) is 32.8 Å². The normalized spacial score (nSPS) is 14.8. The first-order chi connectivity index (χ1) is 12.2. The Labute approximate surface area is 147 Å². The van der Waals surface area contributed by atoms with Crippen molar-refractivity contribution in [2.24, 2.45) is 0 Å². The lowest BCUT2D eigenvalue weighted by molar-refractivity contribution is -0.126. The lowest BCUT2D eigenvalue weighted by Crippen LogP contribution is -2.48. The van der Waals surface area contributed by atoms with Crippen LogP contribution in [0.1, 0.15) is 5.56 Å². The van der Waals surface area contributed by atoms with Crippen molar-refractivity contribution in [3.63, 3.8) is 0 Å². The second-order valence-corrected chi connectivity index (χ2v) is 5.86. The van der Waals surface area contributed by atoms with E-state index in [0.29, 0.717) is 13.1 Å². The molecule has 0 N–H and O–H groups in total. The van der Waals surface area contributed by atoms with Gasteiger partial charge in [-0.1, -0.05) is 18.2 Å². The predicted octanol–water partition coefficient (Wildman–Crippen LogP) is 3.20. The molecule has 25 heavy (non-hydrogen) atoms. The number of carbonyl (C=O) groups excluding carboxylic acids is 1. The highest BCUT2D eigenvalue weighted by atomic mass is 19.1. The summed E-state index contributed by atoms with van der Waals surface area (Å²) in [6, 6.07) is 14.1. The van der Waals surface area contributed by atoms with Gasteiger partial charge in [0.05, 0.1) is 7.11 Å². The molecule has 1 saturated heterocycles. The molecule has 0 radical (unpaired) electrons. The molecule has 0 bridgehead atoms. The average molecular weight is 340 g/mol. The van der Waals surface area contributed by atoms with E-state index >= 15 is 0 Å². The molecule has 0 saturated carbocycles. The highest BCUT2D eigenvalue weighted by Crippen LogP contribution is 2.20. The van der Waals surface area contributed by atoms with Gasteiger partial charge in [-0.05, 0) is 36.4 Å². The van der Waals surface area contributed by atoms with E-state index in [-0.39, 0.29) is 11.7 Å². The summed E-state index contributed by atoms with van der Waals surface area (Å²) in [6.07, 6.45) is 3.37. The van der Waals surface area contributed by atoms with Crippen molar-refractivity contribution < 1.29 is 13.9 Å². The molecule has 1 aliphatic heterocycles. The largest absolute Gasteiger partial charge is 0.496 e. The number of methoxy groups -OCH3 is 1. The summed E-state index contributed by atoms with van der Waals surface area (Å²) in [7, 11) is 1.61. The van der Waals surface area contributed by atoms with Gasteiger partial charge in [-0.2, -0.15) is 0 Å². The summed E-state index contributed by atoms with van der Waals surface area (Å²) >= 11 is 0. The van der Waals surface area contributed by atoms with Crippen molar-refractivity contribution in [3.05, 3.63) is 66.0 Å². The van der Waals surface area contributed by atoms with Gasteiger partial charge in [-0.15, -0.1) is 0 Å². The van der Waals surface area contributed by atoms with Crippen LogP contribution in [0.25, 0.3) is 6.08 Å². The van der Waals surface area contributed by atoms with Gasteiger partial charge >= 0.3 is 0 Å². The van der Waals surface area contributed by atoms with Gasteiger partial charge in [0.25, 0.3) is 0 Å². The van der Waals surface area contributed by atoms with Gasteiger partial charge in [0.2, 0.25) is 5.91 Å². The Kier molecular flexibility index (Phi) is 5.33. The Morgan fingerprint density at radius 2 is 1.72 bits per heavy atom. The van der Waals surface area contributed by atoms with E-state index < -0.39 is 0 Å². The number of ether oxygens (including phenoxy) is 1. The molecule has 3 rings (SSSR count). The Morgan fingerprint density at radius 1 is 1.04 bits per heavy atom. The molecular formula is C20H21FN2O2. The van der Waals surface area contributed by atoms with Crippen molar-refractivity contribution in [1.29, 1.82) is 0 Å². The Bertz CT molecular complexity index is 751. The minimum Gasteiger partial charge on any atom is -0.496 e. The van der Waals surface area contributed by atoms with Crippen LogP contribution in [0, 0.1) is 5.82 Å². The minimum atomic E-state index is -0.237. The van der Waals surface area contributed by atoms with Crippen molar-refractivity contribution in [1.82, 2.24) is 4.90 Å². The highest BCUT2D eigenvalue weighted by Gasteiger charge is 2.19. The van der Waals surface area contributed by atoms with E-state index in [9.17, 15) is 9.18 Å². The van der Waals surface area contributed by atoms with Gasteiger partial charge < -0.3 is 14.5 Å². The second kappa shape index (κ2) is 7.83. The van der Waals surface area contributed by atoms with E-state index in [2.05, 4.69) is 4.90 Å². The first kappa shape index (κ1) is 17.0. The molecule has 0 aromatic heterocycles. The number of anilines is 1. The Hall–Kier alpha value is -2.82. The summed E-state index contributed by atoms with van der Waals surface area (Å²) in [6.45, 7) is 2.76. The van der Waals surface area contributed by atoms with Crippen molar-refractivity contribution in [2.75, 3.05) is 38.2 Å². The predicted molar refractivity (Wildman–Crippen MR) is 97.2 cm³/mol. The fourth-order valence-corrected chi connectivity index (χ4v) is 2.91. The molecular weight excluding hydrogens is 319 g/mol. The van der Waals surface area contributed by atoms with E-state index in [4.69, 9.17) is 4.74 Å².